The average molecular weight is 359 g/mol. The van der Waals surface area contributed by atoms with Gasteiger partial charge in [-0.25, -0.2) is 4.79 Å². The van der Waals surface area contributed by atoms with Gasteiger partial charge in [0.05, 0.1) is 0 Å². The first-order valence-corrected chi connectivity index (χ1v) is 8.08. The Morgan fingerprint density at radius 2 is 1.57 bits per heavy atom. The van der Waals surface area contributed by atoms with E-state index >= 15 is 0 Å². The topological polar surface area (TPSA) is 57.7 Å². The van der Waals surface area contributed by atoms with Crippen LogP contribution in [-0.2, 0) is 9.59 Å². The number of halogens is 1. The maximum Gasteiger partial charge on any atom is 0.333 e. The number of barbiturate groups is 1. The zero-order valence-corrected chi connectivity index (χ0v) is 14.7. The molecule has 118 valence electrons. The second-order valence-corrected chi connectivity index (χ2v) is 6.48. The zero-order valence-electron chi connectivity index (χ0n) is 13.1. The first-order chi connectivity index (χ1) is 9.77. The van der Waals surface area contributed by atoms with Crippen molar-refractivity contribution in [2.75, 3.05) is 13.1 Å². The molecule has 1 rings (SSSR count). The van der Waals surface area contributed by atoms with Gasteiger partial charge in [-0.15, -0.1) is 0 Å². The van der Waals surface area contributed by atoms with Gasteiger partial charge in [0, 0.05) is 19.5 Å². The van der Waals surface area contributed by atoms with Crippen molar-refractivity contribution in [2.24, 2.45) is 11.3 Å². The van der Waals surface area contributed by atoms with Crippen molar-refractivity contribution in [3.8, 4) is 0 Å². The number of rotatable bonds is 6. The monoisotopic (exact) mass is 358 g/mol. The molecule has 0 aromatic heterocycles. The Balaban J connectivity index is 3.49. The van der Waals surface area contributed by atoms with E-state index in [1.165, 1.54) is 9.80 Å². The van der Waals surface area contributed by atoms with E-state index in [0.29, 0.717) is 10.9 Å². The molecule has 0 saturated carbocycles. The highest BCUT2D eigenvalue weighted by Gasteiger charge is 2.58. The van der Waals surface area contributed by atoms with Crippen LogP contribution in [-0.4, -0.2) is 40.7 Å². The number of hydrogen-bond donors (Lipinski definition) is 0. The lowest BCUT2D eigenvalue weighted by Crippen LogP contribution is -2.66. The average Bonchev–Trinajstić information content (AvgIpc) is 2.43. The lowest BCUT2D eigenvalue weighted by molar-refractivity contribution is -0.162. The molecule has 1 unspecified atom stereocenters. The molecular weight excluding hydrogens is 336 g/mol. The number of urea groups is 1. The third-order valence-electron chi connectivity index (χ3n) is 4.27. The Hall–Kier alpha value is -1.17. The first-order valence-electron chi connectivity index (χ1n) is 7.28. The maximum absolute atomic E-state index is 12.9. The number of allylic oxidation sites excluding steroid dienone is 1. The van der Waals surface area contributed by atoms with Crippen molar-refractivity contribution in [3.63, 3.8) is 0 Å². The van der Waals surface area contributed by atoms with Crippen molar-refractivity contribution in [2.45, 2.75) is 40.5 Å². The van der Waals surface area contributed by atoms with Gasteiger partial charge < -0.3 is 0 Å². The van der Waals surface area contributed by atoms with Crippen LogP contribution in [0, 0.1) is 11.3 Å². The molecule has 6 heteroatoms. The normalized spacial score (nSPS) is 20.0. The summed E-state index contributed by atoms with van der Waals surface area (Å²) in [6.07, 6.45) is 0.876. The van der Waals surface area contributed by atoms with Crippen LogP contribution in [0.15, 0.2) is 11.1 Å². The summed E-state index contributed by atoms with van der Waals surface area (Å²) in [5.74, 6) is -0.984. The van der Waals surface area contributed by atoms with E-state index in [1.54, 1.807) is 13.8 Å². The number of imide groups is 2. The Labute approximate surface area is 134 Å². The third kappa shape index (κ3) is 2.78. The van der Waals surface area contributed by atoms with Gasteiger partial charge in [-0.1, -0.05) is 42.8 Å². The Morgan fingerprint density at radius 1 is 1.14 bits per heavy atom. The maximum atomic E-state index is 12.9. The van der Waals surface area contributed by atoms with Crippen molar-refractivity contribution in [1.29, 1.82) is 0 Å². The van der Waals surface area contributed by atoms with Gasteiger partial charge in [0.2, 0.25) is 11.8 Å². The van der Waals surface area contributed by atoms with Crippen LogP contribution >= 0.6 is 15.9 Å². The van der Waals surface area contributed by atoms with E-state index < -0.39 is 23.3 Å². The minimum absolute atomic E-state index is 0.178. The molecule has 1 aliphatic rings. The minimum atomic E-state index is -1.24. The summed E-state index contributed by atoms with van der Waals surface area (Å²) in [4.78, 5) is 40.4. The summed E-state index contributed by atoms with van der Waals surface area (Å²) in [6.45, 7) is 11.6. The van der Waals surface area contributed by atoms with Crippen LogP contribution in [0.1, 0.15) is 40.5 Å². The van der Waals surface area contributed by atoms with Crippen molar-refractivity contribution >= 4 is 33.8 Å². The fraction of sp³-hybridized carbons (Fsp3) is 0.667. The second-order valence-electron chi connectivity index (χ2n) is 5.36. The molecular formula is C15H23BrN2O3. The lowest BCUT2D eigenvalue weighted by Gasteiger charge is -2.46. The Bertz CT molecular complexity index is 450. The molecule has 1 aliphatic heterocycles. The number of carbonyl (C=O) groups excluding carboxylic acids is 3. The van der Waals surface area contributed by atoms with Crippen molar-refractivity contribution < 1.29 is 14.4 Å². The van der Waals surface area contributed by atoms with Crippen LogP contribution in [0.3, 0.4) is 0 Å². The van der Waals surface area contributed by atoms with Crippen LogP contribution in [0.5, 0.6) is 0 Å². The fourth-order valence-corrected chi connectivity index (χ4v) is 3.29. The first kappa shape index (κ1) is 17.9. The standard InChI is InChI=1S/C15H23BrN2O3/c1-6-10(4)15(9-11(5)16)12(19)17(7-2)14(21)18(8-3)13(15)20/h10H,5-9H2,1-4H3. The summed E-state index contributed by atoms with van der Waals surface area (Å²) in [7, 11) is 0. The van der Waals surface area contributed by atoms with Gasteiger partial charge in [-0.05, 0) is 24.2 Å². The van der Waals surface area contributed by atoms with E-state index in [4.69, 9.17) is 0 Å². The van der Waals surface area contributed by atoms with Gasteiger partial charge >= 0.3 is 6.03 Å². The van der Waals surface area contributed by atoms with Gasteiger partial charge in [0.15, 0.2) is 0 Å². The summed E-state index contributed by atoms with van der Waals surface area (Å²) in [5.41, 5.74) is -1.24. The smallest absolute Gasteiger partial charge is 0.273 e. The van der Waals surface area contributed by atoms with Gasteiger partial charge in [-0.2, -0.15) is 0 Å². The van der Waals surface area contributed by atoms with E-state index in [2.05, 4.69) is 22.5 Å². The number of nitrogens with zero attached hydrogens (tertiary/aromatic N) is 2. The molecule has 4 amide bonds. The predicted octanol–water partition coefficient (Wildman–Crippen LogP) is 3.15. The quantitative estimate of drug-likeness (QED) is 0.685. The lowest BCUT2D eigenvalue weighted by atomic mass is 9.69. The van der Waals surface area contributed by atoms with Gasteiger partial charge in [0.25, 0.3) is 0 Å². The highest BCUT2D eigenvalue weighted by atomic mass is 79.9. The number of amides is 4. The molecule has 0 N–H and O–H groups in total. The summed E-state index contributed by atoms with van der Waals surface area (Å²) >= 11 is 3.28. The molecule has 1 saturated heterocycles. The molecule has 5 nitrogen and oxygen atoms in total. The largest absolute Gasteiger partial charge is 0.333 e. The summed E-state index contributed by atoms with van der Waals surface area (Å²) in [6, 6.07) is -0.519. The molecule has 0 aromatic rings. The molecule has 0 bridgehead atoms. The highest BCUT2D eigenvalue weighted by molar-refractivity contribution is 9.11. The molecule has 0 spiro atoms. The van der Waals surface area contributed by atoms with Crippen molar-refractivity contribution in [3.05, 3.63) is 11.1 Å². The second kappa shape index (κ2) is 6.73. The molecule has 0 aliphatic carbocycles. The third-order valence-corrected chi connectivity index (χ3v) is 4.55. The van der Waals surface area contributed by atoms with Gasteiger partial charge in [0.1, 0.15) is 5.41 Å². The van der Waals surface area contributed by atoms with E-state index in [9.17, 15) is 14.4 Å². The SMILES string of the molecule is C=C(Br)CC1(C(C)CC)C(=O)N(CC)C(=O)N(CC)C1=O. The summed E-state index contributed by atoms with van der Waals surface area (Å²) in [5, 5.41) is 0. The fourth-order valence-electron chi connectivity index (χ4n) is 2.85. The highest BCUT2D eigenvalue weighted by Crippen LogP contribution is 2.43. The van der Waals surface area contributed by atoms with Gasteiger partial charge in [-0.3, -0.25) is 19.4 Å². The zero-order chi connectivity index (χ0) is 16.4. The van der Waals surface area contributed by atoms with Crippen LogP contribution in [0.2, 0.25) is 0 Å². The molecule has 0 aromatic carbocycles. The van der Waals surface area contributed by atoms with E-state index in [1.807, 2.05) is 13.8 Å². The number of hydrogen-bond acceptors (Lipinski definition) is 3. The van der Waals surface area contributed by atoms with E-state index in [0.717, 1.165) is 0 Å². The number of carbonyl (C=O) groups is 3. The van der Waals surface area contributed by atoms with Crippen LogP contribution in [0.25, 0.3) is 0 Å². The predicted molar refractivity (Wildman–Crippen MR) is 84.7 cm³/mol. The molecule has 21 heavy (non-hydrogen) atoms. The molecule has 0 radical (unpaired) electrons. The molecule has 1 fully saturated rings. The van der Waals surface area contributed by atoms with E-state index in [-0.39, 0.29) is 25.4 Å². The van der Waals surface area contributed by atoms with Crippen molar-refractivity contribution in [1.82, 2.24) is 9.80 Å². The van der Waals surface area contributed by atoms with Crippen LogP contribution < -0.4 is 0 Å². The van der Waals surface area contributed by atoms with Crippen LogP contribution in [0.4, 0.5) is 4.79 Å². The Kier molecular flexibility index (Phi) is 5.73. The molecule has 1 atom stereocenters. The summed E-state index contributed by atoms with van der Waals surface area (Å²) < 4.78 is 0.589. The minimum Gasteiger partial charge on any atom is -0.273 e. The Morgan fingerprint density at radius 3 is 1.86 bits per heavy atom. The molecule has 1 heterocycles.